The van der Waals surface area contributed by atoms with Crippen molar-refractivity contribution in [2.75, 3.05) is 6.61 Å². The number of ether oxygens (including phenoxy) is 1. The van der Waals surface area contributed by atoms with Crippen LogP contribution >= 0.6 is 22.9 Å². The number of para-hydroxylation sites is 1. The molecule has 0 bridgehead atoms. The molecule has 1 aliphatic rings. The Bertz CT molecular complexity index is 828. The second-order valence-corrected chi connectivity index (χ2v) is 7.49. The van der Waals surface area contributed by atoms with Crippen molar-refractivity contribution in [2.45, 2.75) is 19.0 Å². The zero-order valence-corrected chi connectivity index (χ0v) is 14.7. The summed E-state index contributed by atoms with van der Waals surface area (Å²) in [5, 5.41) is 4.45. The van der Waals surface area contributed by atoms with Gasteiger partial charge in [0.25, 0.3) is 0 Å². The van der Waals surface area contributed by atoms with E-state index in [0.717, 1.165) is 30.3 Å². The Morgan fingerprint density at radius 1 is 1.04 bits per heavy atom. The molecule has 4 heteroatoms. The molecule has 1 N–H and O–H groups in total. The van der Waals surface area contributed by atoms with Crippen molar-refractivity contribution in [3.8, 4) is 16.2 Å². The fourth-order valence-electron chi connectivity index (χ4n) is 3.02. The van der Waals surface area contributed by atoms with Crippen LogP contribution in [0.3, 0.4) is 0 Å². The van der Waals surface area contributed by atoms with E-state index in [-0.39, 0.29) is 0 Å². The first-order chi connectivity index (χ1) is 11.8. The lowest BCUT2D eigenvalue weighted by Gasteiger charge is -2.26. The predicted octanol–water partition coefficient (Wildman–Crippen LogP) is 5.68. The molecule has 0 saturated carbocycles. The lowest BCUT2D eigenvalue weighted by Crippen LogP contribution is -2.26. The van der Waals surface area contributed by atoms with Gasteiger partial charge in [-0.1, -0.05) is 41.9 Å². The molecule has 0 saturated heterocycles. The van der Waals surface area contributed by atoms with Crippen LogP contribution in [0, 0.1) is 0 Å². The first-order valence-electron chi connectivity index (χ1n) is 8.09. The summed E-state index contributed by atoms with van der Waals surface area (Å²) in [5.41, 5.74) is 2.48. The summed E-state index contributed by atoms with van der Waals surface area (Å²) in [6, 6.07) is 21.1. The van der Waals surface area contributed by atoms with Gasteiger partial charge in [0.05, 0.1) is 6.61 Å². The molecule has 0 aliphatic carbocycles. The van der Waals surface area contributed by atoms with E-state index in [9.17, 15) is 0 Å². The van der Waals surface area contributed by atoms with Gasteiger partial charge in [0.1, 0.15) is 5.75 Å². The van der Waals surface area contributed by atoms with Crippen molar-refractivity contribution >= 4 is 22.9 Å². The molecule has 1 aliphatic heterocycles. The third-order valence-corrected chi connectivity index (χ3v) is 5.66. The van der Waals surface area contributed by atoms with Gasteiger partial charge < -0.3 is 10.1 Å². The summed E-state index contributed by atoms with van der Waals surface area (Å²) < 4.78 is 5.73. The third-order valence-electron chi connectivity index (χ3n) is 4.27. The molecule has 1 unspecified atom stereocenters. The Labute approximate surface area is 151 Å². The molecule has 2 nitrogen and oxygen atoms in total. The molecule has 4 rings (SSSR count). The molecule has 122 valence electrons. The molecule has 0 fully saturated rings. The Kier molecular flexibility index (Phi) is 4.56. The highest BCUT2D eigenvalue weighted by atomic mass is 35.5. The highest BCUT2D eigenvalue weighted by Gasteiger charge is 2.20. The number of nitrogens with one attached hydrogen (secondary N) is 1. The molecule has 1 atom stereocenters. The van der Waals surface area contributed by atoms with Crippen LogP contribution in [0.2, 0.25) is 5.02 Å². The highest BCUT2D eigenvalue weighted by molar-refractivity contribution is 7.15. The van der Waals surface area contributed by atoms with E-state index in [0.29, 0.717) is 6.04 Å². The van der Waals surface area contributed by atoms with Crippen molar-refractivity contribution in [2.24, 2.45) is 0 Å². The highest BCUT2D eigenvalue weighted by Crippen LogP contribution is 2.33. The number of rotatable bonds is 4. The van der Waals surface area contributed by atoms with Crippen molar-refractivity contribution in [1.82, 2.24) is 5.32 Å². The molecular weight excluding hydrogens is 338 g/mol. The summed E-state index contributed by atoms with van der Waals surface area (Å²) >= 11 is 7.79. The second-order valence-electron chi connectivity index (χ2n) is 5.88. The minimum absolute atomic E-state index is 0.357. The number of benzene rings is 2. The molecule has 2 heterocycles. The molecule has 3 aromatic rings. The standard InChI is InChI=1S/C20H18ClNOS/c21-15-7-5-14(6-8-15)20-10-9-16(24-20)13-22-18-11-12-23-19-4-2-1-3-17(18)19/h1-10,18,22H,11-13H2. The minimum atomic E-state index is 0.357. The molecule has 0 spiro atoms. The lowest BCUT2D eigenvalue weighted by atomic mass is 10.0. The summed E-state index contributed by atoms with van der Waals surface area (Å²) in [4.78, 5) is 2.61. The van der Waals surface area contributed by atoms with Crippen LogP contribution in [-0.4, -0.2) is 6.61 Å². The van der Waals surface area contributed by atoms with Crippen LogP contribution < -0.4 is 10.1 Å². The Morgan fingerprint density at radius 2 is 1.88 bits per heavy atom. The maximum atomic E-state index is 5.96. The Balaban J connectivity index is 1.45. The Morgan fingerprint density at radius 3 is 2.75 bits per heavy atom. The van der Waals surface area contributed by atoms with E-state index in [1.807, 2.05) is 35.6 Å². The van der Waals surface area contributed by atoms with E-state index in [2.05, 4.69) is 41.7 Å². The van der Waals surface area contributed by atoms with Crippen LogP contribution in [0.4, 0.5) is 0 Å². The van der Waals surface area contributed by atoms with Crippen LogP contribution in [0.15, 0.2) is 60.7 Å². The number of thiophene rings is 1. The van der Waals surface area contributed by atoms with E-state index in [4.69, 9.17) is 16.3 Å². The average molecular weight is 356 g/mol. The SMILES string of the molecule is Clc1ccc(-c2ccc(CNC3CCOc4ccccc43)s2)cc1. The van der Waals surface area contributed by atoms with E-state index in [1.165, 1.54) is 20.9 Å². The van der Waals surface area contributed by atoms with E-state index < -0.39 is 0 Å². The minimum Gasteiger partial charge on any atom is -0.493 e. The zero-order valence-electron chi connectivity index (χ0n) is 13.2. The maximum absolute atomic E-state index is 5.96. The lowest BCUT2D eigenvalue weighted by molar-refractivity contribution is 0.252. The number of hydrogen-bond donors (Lipinski definition) is 1. The molecule has 0 radical (unpaired) electrons. The quantitative estimate of drug-likeness (QED) is 0.649. The van der Waals surface area contributed by atoms with E-state index >= 15 is 0 Å². The summed E-state index contributed by atoms with van der Waals surface area (Å²) in [5.74, 6) is 1.01. The van der Waals surface area contributed by atoms with Crippen LogP contribution in [0.1, 0.15) is 22.9 Å². The van der Waals surface area contributed by atoms with Gasteiger partial charge in [0, 0.05) is 39.3 Å². The second kappa shape index (κ2) is 6.98. The van der Waals surface area contributed by atoms with Crippen molar-refractivity contribution in [3.05, 3.63) is 76.1 Å². The topological polar surface area (TPSA) is 21.3 Å². The molecule has 24 heavy (non-hydrogen) atoms. The monoisotopic (exact) mass is 355 g/mol. The summed E-state index contributed by atoms with van der Waals surface area (Å²) in [6.45, 7) is 1.65. The van der Waals surface area contributed by atoms with E-state index in [1.54, 1.807) is 0 Å². The fraction of sp³-hybridized carbons (Fsp3) is 0.200. The van der Waals surface area contributed by atoms with Gasteiger partial charge in [-0.2, -0.15) is 0 Å². The van der Waals surface area contributed by atoms with Gasteiger partial charge in [-0.05, 0) is 35.9 Å². The smallest absolute Gasteiger partial charge is 0.124 e. The van der Waals surface area contributed by atoms with Gasteiger partial charge in [-0.15, -0.1) is 11.3 Å². The predicted molar refractivity (Wildman–Crippen MR) is 101 cm³/mol. The molecule has 0 amide bonds. The molecular formula is C20H18ClNOS. The zero-order chi connectivity index (χ0) is 16.4. The average Bonchev–Trinajstić information content (AvgIpc) is 3.09. The van der Waals surface area contributed by atoms with Crippen molar-refractivity contribution in [3.63, 3.8) is 0 Å². The van der Waals surface area contributed by atoms with Gasteiger partial charge in [-0.25, -0.2) is 0 Å². The number of halogens is 1. The van der Waals surface area contributed by atoms with Crippen LogP contribution in [-0.2, 0) is 6.54 Å². The molecule has 1 aromatic heterocycles. The molecule has 2 aromatic carbocycles. The van der Waals surface area contributed by atoms with Gasteiger partial charge >= 0.3 is 0 Å². The number of hydrogen-bond acceptors (Lipinski definition) is 3. The Hall–Kier alpha value is -1.81. The largest absolute Gasteiger partial charge is 0.493 e. The first kappa shape index (κ1) is 15.7. The van der Waals surface area contributed by atoms with Crippen molar-refractivity contribution < 1.29 is 4.74 Å². The van der Waals surface area contributed by atoms with Crippen LogP contribution in [0.5, 0.6) is 5.75 Å². The third kappa shape index (κ3) is 3.34. The number of fused-ring (bicyclic) bond motifs is 1. The summed E-state index contributed by atoms with van der Waals surface area (Å²) in [7, 11) is 0. The maximum Gasteiger partial charge on any atom is 0.124 e. The first-order valence-corrected chi connectivity index (χ1v) is 9.29. The van der Waals surface area contributed by atoms with Gasteiger partial charge in [0.15, 0.2) is 0 Å². The van der Waals surface area contributed by atoms with Crippen molar-refractivity contribution in [1.29, 1.82) is 0 Å². The van der Waals surface area contributed by atoms with Crippen LogP contribution in [0.25, 0.3) is 10.4 Å². The normalized spacial score (nSPS) is 16.5. The fourth-order valence-corrected chi connectivity index (χ4v) is 4.11. The van der Waals surface area contributed by atoms with Gasteiger partial charge in [0.2, 0.25) is 0 Å². The van der Waals surface area contributed by atoms with Gasteiger partial charge in [-0.3, -0.25) is 0 Å². The summed E-state index contributed by atoms with van der Waals surface area (Å²) in [6.07, 6.45) is 1.01.